The molecule has 1 fully saturated rings. The van der Waals surface area contributed by atoms with Gasteiger partial charge in [0.25, 0.3) is 0 Å². The van der Waals surface area contributed by atoms with Crippen molar-refractivity contribution in [2.45, 2.75) is 13.8 Å². The number of aromatic amines is 1. The number of rotatable bonds is 3. The average molecular weight is 447 g/mol. The highest BCUT2D eigenvalue weighted by molar-refractivity contribution is 6.07. The number of morpholine rings is 1. The summed E-state index contributed by atoms with van der Waals surface area (Å²) in [4.78, 5) is 30.2. The maximum atomic E-state index is 14.4. The van der Waals surface area contributed by atoms with Gasteiger partial charge < -0.3 is 19.0 Å². The molecule has 6 rings (SSSR count). The molecule has 1 aliphatic heterocycles. The molecule has 0 spiro atoms. The van der Waals surface area contributed by atoms with Gasteiger partial charge in [-0.15, -0.1) is 0 Å². The van der Waals surface area contributed by atoms with Gasteiger partial charge in [-0.2, -0.15) is 0 Å². The predicted octanol–water partition coefficient (Wildman–Crippen LogP) is 4.73. The molecule has 33 heavy (non-hydrogen) atoms. The molecule has 1 saturated heterocycles. The summed E-state index contributed by atoms with van der Waals surface area (Å²) in [5.74, 6) is 0.586. The number of furan rings is 1. The van der Waals surface area contributed by atoms with Gasteiger partial charge in [-0.3, -0.25) is 4.79 Å². The lowest BCUT2D eigenvalue weighted by Crippen LogP contribution is -2.37. The van der Waals surface area contributed by atoms with Crippen LogP contribution < -0.4 is 4.90 Å². The Morgan fingerprint density at radius 1 is 1.12 bits per heavy atom. The van der Waals surface area contributed by atoms with Crippen LogP contribution in [0.15, 0.2) is 41.1 Å². The minimum absolute atomic E-state index is 0.368. The van der Waals surface area contributed by atoms with Crippen molar-refractivity contribution in [2.24, 2.45) is 0 Å². The number of carbonyl (C=O) groups excluding carboxylic acids is 1. The first kappa shape index (κ1) is 21.0. The number of hydrogen-bond acceptors (Lipinski definition) is 7. The molecule has 1 N–H and O–H groups in total. The number of aldehydes is 1. The maximum Gasteiger partial charge on any atom is 0.229 e. The number of benzene rings is 1. The summed E-state index contributed by atoms with van der Waals surface area (Å²) in [6.07, 6.45) is 3.94. The lowest BCUT2D eigenvalue weighted by atomic mass is 10.1. The van der Waals surface area contributed by atoms with Crippen LogP contribution in [0.4, 0.5) is 10.2 Å². The third kappa shape index (κ3) is 3.60. The molecule has 1 aliphatic rings. The quantitative estimate of drug-likeness (QED) is 0.399. The Balaban J connectivity index is 0.00000111. The second-order valence-electron chi connectivity index (χ2n) is 7.38. The average Bonchev–Trinajstić information content (AvgIpc) is 3.48. The zero-order valence-corrected chi connectivity index (χ0v) is 18.3. The number of halogens is 1. The van der Waals surface area contributed by atoms with Gasteiger partial charge in [0, 0.05) is 47.5 Å². The first-order valence-electron chi connectivity index (χ1n) is 10.9. The van der Waals surface area contributed by atoms with Crippen molar-refractivity contribution < 1.29 is 18.3 Å². The molecular weight excluding hydrogens is 425 g/mol. The van der Waals surface area contributed by atoms with E-state index in [2.05, 4.69) is 14.9 Å². The minimum Gasteiger partial charge on any atom is -0.432 e. The number of H-pyrrole nitrogens is 1. The highest BCUT2D eigenvalue weighted by Crippen LogP contribution is 2.36. The topological polar surface area (TPSA) is 97.1 Å². The van der Waals surface area contributed by atoms with Gasteiger partial charge in [0.2, 0.25) is 5.71 Å². The zero-order chi connectivity index (χ0) is 22.9. The Morgan fingerprint density at radius 3 is 2.73 bits per heavy atom. The van der Waals surface area contributed by atoms with Gasteiger partial charge in [-0.05, 0) is 24.3 Å². The highest BCUT2D eigenvalue weighted by Gasteiger charge is 2.24. The van der Waals surface area contributed by atoms with E-state index in [0.717, 1.165) is 11.7 Å². The van der Waals surface area contributed by atoms with Crippen LogP contribution in [0.1, 0.15) is 24.2 Å². The Labute approximate surface area is 188 Å². The maximum absolute atomic E-state index is 14.4. The fourth-order valence-electron chi connectivity index (χ4n) is 4.02. The standard InChI is InChI=1S/C22H16FN5O3.C2H6/c23-13-8-15(14-1-2-24-17(14)9-13)20-26-18-16-7-12(11-29)10-25-22(16)31-19(18)21(27-20)28-3-5-30-6-4-28;1-2/h1-2,7-11,24H,3-6H2;1-2H3. The normalized spacial score (nSPS) is 14.0. The highest BCUT2D eigenvalue weighted by atomic mass is 19.1. The van der Waals surface area contributed by atoms with Crippen molar-refractivity contribution in [3.05, 3.63) is 48.0 Å². The molecule has 5 heterocycles. The fraction of sp³-hybridized carbons (Fsp3) is 0.250. The smallest absolute Gasteiger partial charge is 0.229 e. The van der Waals surface area contributed by atoms with Crippen molar-refractivity contribution in [1.82, 2.24) is 19.9 Å². The summed E-state index contributed by atoms with van der Waals surface area (Å²) in [6.45, 7) is 6.41. The Morgan fingerprint density at radius 2 is 1.94 bits per heavy atom. The van der Waals surface area contributed by atoms with Crippen LogP contribution in [0.5, 0.6) is 0 Å². The summed E-state index contributed by atoms with van der Waals surface area (Å²) in [5.41, 5.74) is 3.04. The van der Waals surface area contributed by atoms with Gasteiger partial charge in [-0.25, -0.2) is 19.3 Å². The minimum atomic E-state index is -0.386. The van der Waals surface area contributed by atoms with Crippen LogP contribution in [0.2, 0.25) is 0 Å². The molecular formula is C24H22FN5O3. The summed E-state index contributed by atoms with van der Waals surface area (Å²) in [5, 5.41) is 1.42. The van der Waals surface area contributed by atoms with Crippen LogP contribution in [-0.4, -0.2) is 52.5 Å². The molecule has 5 aromatic rings. The number of fused-ring (bicyclic) bond motifs is 4. The van der Waals surface area contributed by atoms with Crippen LogP contribution in [-0.2, 0) is 4.74 Å². The summed E-state index contributed by atoms with van der Waals surface area (Å²) in [7, 11) is 0. The van der Waals surface area contributed by atoms with Crippen molar-refractivity contribution in [1.29, 1.82) is 0 Å². The van der Waals surface area contributed by atoms with E-state index in [-0.39, 0.29) is 5.82 Å². The summed E-state index contributed by atoms with van der Waals surface area (Å²) in [6, 6.07) is 6.43. The number of anilines is 1. The first-order valence-corrected chi connectivity index (χ1v) is 10.9. The number of nitrogens with zero attached hydrogens (tertiary/aromatic N) is 4. The lowest BCUT2D eigenvalue weighted by Gasteiger charge is -2.27. The molecule has 0 saturated carbocycles. The van der Waals surface area contributed by atoms with E-state index >= 15 is 0 Å². The molecule has 0 amide bonds. The molecule has 0 atom stereocenters. The Hall–Kier alpha value is -3.85. The number of pyridine rings is 1. The molecule has 0 bridgehead atoms. The zero-order valence-electron chi connectivity index (χ0n) is 18.3. The number of hydrogen-bond donors (Lipinski definition) is 1. The van der Waals surface area contributed by atoms with Gasteiger partial charge in [0.15, 0.2) is 23.5 Å². The predicted molar refractivity (Wildman–Crippen MR) is 124 cm³/mol. The Bertz CT molecular complexity index is 1470. The summed E-state index contributed by atoms with van der Waals surface area (Å²) < 4.78 is 25.8. The summed E-state index contributed by atoms with van der Waals surface area (Å²) >= 11 is 0. The number of nitrogens with one attached hydrogen (secondary N) is 1. The van der Waals surface area contributed by atoms with E-state index in [1.54, 1.807) is 12.3 Å². The van der Waals surface area contributed by atoms with Crippen LogP contribution in [0.25, 0.3) is 44.5 Å². The molecule has 168 valence electrons. The molecule has 8 nitrogen and oxygen atoms in total. The fourth-order valence-corrected chi connectivity index (χ4v) is 4.02. The third-order valence-electron chi connectivity index (χ3n) is 5.50. The monoisotopic (exact) mass is 447 g/mol. The van der Waals surface area contributed by atoms with E-state index in [9.17, 15) is 9.18 Å². The lowest BCUT2D eigenvalue weighted by molar-refractivity contribution is 0.112. The van der Waals surface area contributed by atoms with E-state index in [1.807, 2.05) is 19.9 Å². The number of aromatic nitrogens is 4. The molecule has 0 unspecified atom stereocenters. The first-order chi connectivity index (χ1) is 16.2. The van der Waals surface area contributed by atoms with E-state index in [0.29, 0.717) is 76.8 Å². The molecule has 9 heteroatoms. The van der Waals surface area contributed by atoms with E-state index in [4.69, 9.17) is 19.1 Å². The molecule has 1 aromatic carbocycles. The van der Waals surface area contributed by atoms with Gasteiger partial charge in [-0.1, -0.05) is 13.8 Å². The van der Waals surface area contributed by atoms with E-state index in [1.165, 1.54) is 18.3 Å². The van der Waals surface area contributed by atoms with Crippen molar-refractivity contribution in [2.75, 3.05) is 31.2 Å². The van der Waals surface area contributed by atoms with Crippen molar-refractivity contribution in [3.63, 3.8) is 0 Å². The third-order valence-corrected chi connectivity index (χ3v) is 5.50. The van der Waals surface area contributed by atoms with Crippen molar-refractivity contribution >= 4 is 45.2 Å². The molecule has 0 aliphatic carbocycles. The SMILES string of the molecule is CC.O=Cc1cnc2oc3c(N4CCOCC4)nc(-c4cc(F)cc5[nH]ccc45)nc3c2c1. The van der Waals surface area contributed by atoms with Gasteiger partial charge in [0.05, 0.1) is 18.6 Å². The van der Waals surface area contributed by atoms with Gasteiger partial charge >= 0.3 is 0 Å². The second kappa shape index (κ2) is 8.59. The largest absolute Gasteiger partial charge is 0.432 e. The van der Waals surface area contributed by atoms with Crippen LogP contribution >= 0.6 is 0 Å². The van der Waals surface area contributed by atoms with E-state index < -0.39 is 0 Å². The molecule has 4 aromatic heterocycles. The van der Waals surface area contributed by atoms with Crippen LogP contribution in [0, 0.1) is 5.82 Å². The van der Waals surface area contributed by atoms with Gasteiger partial charge in [0.1, 0.15) is 11.3 Å². The Kier molecular flexibility index (Phi) is 5.47. The second-order valence-corrected chi connectivity index (χ2v) is 7.38. The van der Waals surface area contributed by atoms with Crippen LogP contribution in [0.3, 0.4) is 0 Å². The number of carbonyl (C=O) groups is 1. The molecule has 0 radical (unpaired) electrons. The van der Waals surface area contributed by atoms with Crippen molar-refractivity contribution in [3.8, 4) is 11.4 Å². The number of ether oxygens (including phenoxy) is 1.